The molecular formula is C12H27N3O2S. The van der Waals surface area contributed by atoms with Gasteiger partial charge in [0, 0.05) is 18.6 Å². The van der Waals surface area contributed by atoms with Crippen LogP contribution in [0.3, 0.4) is 0 Å². The molecule has 0 aromatic rings. The molecule has 0 atom stereocenters. The lowest BCUT2D eigenvalue weighted by molar-refractivity contribution is -0.0595. The van der Waals surface area contributed by atoms with Crippen LogP contribution in [-0.2, 0) is 10.2 Å². The first-order valence-electron chi connectivity index (χ1n) is 6.43. The van der Waals surface area contributed by atoms with E-state index < -0.39 is 10.2 Å². The minimum Gasteiger partial charge on any atom is -0.327 e. The maximum Gasteiger partial charge on any atom is 0.277 e. The zero-order valence-corrected chi connectivity index (χ0v) is 13.1. The van der Waals surface area contributed by atoms with E-state index in [9.17, 15) is 8.42 Å². The molecule has 0 amide bonds. The van der Waals surface area contributed by atoms with Crippen LogP contribution in [0.5, 0.6) is 0 Å². The van der Waals surface area contributed by atoms with E-state index >= 15 is 0 Å². The topological polar surface area (TPSA) is 84.2 Å². The van der Waals surface area contributed by atoms with Crippen LogP contribution in [0.4, 0.5) is 0 Å². The van der Waals surface area contributed by atoms with Gasteiger partial charge >= 0.3 is 0 Å². The van der Waals surface area contributed by atoms with Crippen molar-refractivity contribution < 1.29 is 8.42 Å². The van der Waals surface area contributed by atoms with Crippen molar-refractivity contribution in [2.24, 2.45) is 22.5 Å². The normalized spacial score (nSPS) is 30.2. The Labute approximate surface area is 111 Å². The summed E-state index contributed by atoms with van der Waals surface area (Å²) in [6, 6.07) is -0.160. The Morgan fingerprint density at radius 2 is 1.61 bits per heavy atom. The SMILES string of the molecule is CC(C)CNS(=O)(=O)NC1C(C)(C)C(N)C1(C)C. The van der Waals surface area contributed by atoms with Crippen LogP contribution >= 0.6 is 0 Å². The molecule has 0 aromatic heterocycles. The highest BCUT2D eigenvalue weighted by atomic mass is 32.2. The lowest BCUT2D eigenvalue weighted by Crippen LogP contribution is -2.76. The molecule has 1 aliphatic carbocycles. The first-order valence-corrected chi connectivity index (χ1v) is 7.92. The van der Waals surface area contributed by atoms with Crippen molar-refractivity contribution in [3.8, 4) is 0 Å². The molecule has 6 heteroatoms. The Morgan fingerprint density at radius 3 is 2.00 bits per heavy atom. The third-order valence-corrected chi connectivity index (χ3v) is 5.14. The van der Waals surface area contributed by atoms with Crippen LogP contribution in [0.25, 0.3) is 0 Å². The lowest BCUT2D eigenvalue weighted by atomic mass is 9.49. The predicted octanol–water partition coefficient (Wildman–Crippen LogP) is 0.828. The van der Waals surface area contributed by atoms with E-state index in [1.165, 1.54) is 0 Å². The molecule has 1 aliphatic rings. The van der Waals surface area contributed by atoms with Gasteiger partial charge in [0.15, 0.2) is 0 Å². The lowest BCUT2D eigenvalue weighted by Gasteiger charge is -2.62. The van der Waals surface area contributed by atoms with Crippen LogP contribution in [-0.4, -0.2) is 27.0 Å². The summed E-state index contributed by atoms with van der Waals surface area (Å²) in [6.45, 7) is 12.4. The van der Waals surface area contributed by atoms with Gasteiger partial charge in [-0.2, -0.15) is 13.1 Å². The summed E-state index contributed by atoms with van der Waals surface area (Å²) in [6.07, 6.45) is 0. The minimum absolute atomic E-state index is 0.0113. The molecule has 5 nitrogen and oxygen atoms in total. The molecule has 0 aliphatic heterocycles. The second kappa shape index (κ2) is 4.74. The van der Waals surface area contributed by atoms with Crippen LogP contribution < -0.4 is 15.2 Å². The Hall–Kier alpha value is -0.170. The predicted molar refractivity (Wildman–Crippen MR) is 74.2 cm³/mol. The summed E-state index contributed by atoms with van der Waals surface area (Å²) in [5, 5.41) is 0. The molecule has 0 unspecified atom stereocenters. The van der Waals surface area contributed by atoms with E-state index in [-0.39, 0.29) is 28.8 Å². The molecule has 0 radical (unpaired) electrons. The van der Waals surface area contributed by atoms with Gasteiger partial charge in [0.05, 0.1) is 0 Å². The standard InChI is InChI=1S/C12H27N3O2S/c1-8(2)7-14-18(16,17)15-10-11(3,4)9(13)12(10,5)6/h8-10,14-15H,7,13H2,1-6H3. The van der Waals surface area contributed by atoms with Gasteiger partial charge in [0.25, 0.3) is 10.2 Å². The maximum absolute atomic E-state index is 12.0. The summed E-state index contributed by atoms with van der Waals surface area (Å²) >= 11 is 0. The van der Waals surface area contributed by atoms with Gasteiger partial charge in [-0.05, 0) is 16.7 Å². The number of hydrogen-bond acceptors (Lipinski definition) is 3. The van der Waals surface area contributed by atoms with Crippen LogP contribution in [0.15, 0.2) is 0 Å². The number of rotatable bonds is 5. The van der Waals surface area contributed by atoms with Crippen LogP contribution in [0.1, 0.15) is 41.5 Å². The molecule has 0 spiro atoms. The van der Waals surface area contributed by atoms with E-state index in [1.807, 2.05) is 41.5 Å². The smallest absolute Gasteiger partial charge is 0.277 e. The fourth-order valence-electron chi connectivity index (χ4n) is 2.96. The molecule has 1 saturated carbocycles. The van der Waals surface area contributed by atoms with Crippen molar-refractivity contribution in [2.75, 3.05) is 6.54 Å². The zero-order valence-electron chi connectivity index (χ0n) is 12.2. The average Bonchev–Trinajstić information content (AvgIpc) is 2.22. The highest BCUT2D eigenvalue weighted by Gasteiger charge is 2.60. The van der Waals surface area contributed by atoms with Gasteiger partial charge < -0.3 is 5.73 Å². The van der Waals surface area contributed by atoms with E-state index in [2.05, 4.69) is 9.44 Å². The van der Waals surface area contributed by atoms with Crippen molar-refractivity contribution in [1.82, 2.24) is 9.44 Å². The van der Waals surface area contributed by atoms with Gasteiger partial charge in [0.1, 0.15) is 0 Å². The van der Waals surface area contributed by atoms with Crippen molar-refractivity contribution in [1.29, 1.82) is 0 Å². The highest BCUT2D eigenvalue weighted by Crippen LogP contribution is 2.52. The number of hydrogen-bond donors (Lipinski definition) is 3. The van der Waals surface area contributed by atoms with E-state index in [4.69, 9.17) is 5.73 Å². The summed E-state index contributed by atoms with van der Waals surface area (Å²) in [7, 11) is -3.46. The van der Waals surface area contributed by atoms with Gasteiger partial charge in [-0.1, -0.05) is 41.5 Å². The molecule has 108 valence electrons. The quantitative estimate of drug-likeness (QED) is 0.696. The monoisotopic (exact) mass is 277 g/mol. The highest BCUT2D eigenvalue weighted by molar-refractivity contribution is 7.87. The summed E-state index contributed by atoms with van der Waals surface area (Å²) < 4.78 is 29.2. The molecule has 1 fully saturated rings. The second-order valence-electron chi connectivity index (χ2n) is 6.92. The first-order chi connectivity index (χ1) is 7.91. The van der Waals surface area contributed by atoms with Crippen molar-refractivity contribution in [2.45, 2.75) is 53.6 Å². The van der Waals surface area contributed by atoms with Gasteiger partial charge in [-0.15, -0.1) is 0 Å². The molecule has 0 aromatic carbocycles. The molecule has 0 bridgehead atoms. The largest absolute Gasteiger partial charge is 0.327 e. The molecule has 0 saturated heterocycles. The fraction of sp³-hybridized carbons (Fsp3) is 1.00. The number of nitrogens with two attached hydrogens (primary N) is 1. The Morgan fingerprint density at radius 1 is 1.17 bits per heavy atom. The Bertz CT molecular complexity index is 386. The third kappa shape index (κ3) is 2.87. The molecular weight excluding hydrogens is 250 g/mol. The molecule has 4 N–H and O–H groups in total. The van der Waals surface area contributed by atoms with Crippen molar-refractivity contribution >= 4 is 10.2 Å². The minimum atomic E-state index is -3.46. The summed E-state index contributed by atoms with van der Waals surface area (Å²) in [5.41, 5.74) is 5.66. The molecule has 0 heterocycles. The van der Waals surface area contributed by atoms with Crippen molar-refractivity contribution in [3.05, 3.63) is 0 Å². The second-order valence-corrected chi connectivity index (χ2v) is 8.45. The average molecular weight is 277 g/mol. The maximum atomic E-state index is 12.0. The van der Waals surface area contributed by atoms with Gasteiger partial charge in [0.2, 0.25) is 0 Å². The fourth-order valence-corrected chi connectivity index (χ4v) is 4.51. The molecule has 18 heavy (non-hydrogen) atoms. The van der Waals surface area contributed by atoms with Gasteiger partial charge in [-0.3, -0.25) is 0 Å². The van der Waals surface area contributed by atoms with E-state index in [0.29, 0.717) is 6.54 Å². The Kier molecular flexibility index (Phi) is 4.18. The van der Waals surface area contributed by atoms with E-state index in [0.717, 1.165) is 0 Å². The summed E-state index contributed by atoms with van der Waals surface area (Å²) in [5.74, 6) is 0.284. The van der Waals surface area contributed by atoms with Crippen LogP contribution in [0.2, 0.25) is 0 Å². The zero-order chi connectivity index (χ0) is 14.4. The van der Waals surface area contributed by atoms with E-state index in [1.54, 1.807) is 0 Å². The molecule has 1 rings (SSSR count). The third-order valence-electron chi connectivity index (χ3n) is 4.05. The van der Waals surface area contributed by atoms with Crippen molar-refractivity contribution in [3.63, 3.8) is 0 Å². The summed E-state index contributed by atoms with van der Waals surface area (Å²) in [4.78, 5) is 0. The number of nitrogens with one attached hydrogen (secondary N) is 2. The van der Waals surface area contributed by atoms with Gasteiger partial charge in [-0.25, -0.2) is 4.72 Å². The Balaban J connectivity index is 2.73. The first kappa shape index (κ1) is 15.9. The van der Waals surface area contributed by atoms with Crippen LogP contribution in [0, 0.1) is 16.7 Å².